The fourth-order valence-electron chi connectivity index (χ4n) is 2.07. The lowest BCUT2D eigenvalue weighted by molar-refractivity contribution is -0.147. The van der Waals surface area contributed by atoms with Gasteiger partial charge in [-0.2, -0.15) is 0 Å². The molecule has 122 valence electrons. The van der Waals surface area contributed by atoms with Crippen LogP contribution in [-0.4, -0.2) is 34.5 Å². The normalized spacial score (nSPS) is 11.3. The summed E-state index contributed by atoms with van der Waals surface area (Å²) in [5, 5.41) is 9.25. The van der Waals surface area contributed by atoms with Crippen molar-refractivity contribution in [2.75, 3.05) is 7.05 Å². The number of hydrogen-bond donors (Lipinski definition) is 1. The molecule has 23 heavy (non-hydrogen) atoms. The Bertz CT molecular complexity index is 750. The summed E-state index contributed by atoms with van der Waals surface area (Å²) >= 11 is 1.30. The van der Waals surface area contributed by atoms with Gasteiger partial charge in [-0.25, -0.2) is 9.18 Å². The first-order valence-corrected chi connectivity index (χ1v) is 7.84. The Balaban J connectivity index is 2.35. The number of carbonyl (C=O) groups is 2. The first-order chi connectivity index (χ1) is 10.6. The van der Waals surface area contributed by atoms with Crippen molar-refractivity contribution in [3.8, 4) is 11.1 Å². The highest BCUT2D eigenvalue weighted by Gasteiger charge is 2.36. The van der Waals surface area contributed by atoms with E-state index in [-0.39, 0.29) is 11.7 Å². The predicted molar refractivity (Wildman–Crippen MR) is 88.3 cm³/mol. The van der Waals surface area contributed by atoms with Gasteiger partial charge in [-0.1, -0.05) is 12.1 Å². The average Bonchev–Trinajstić information content (AvgIpc) is 2.88. The van der Waals surface area contributed by atoms with E-state index in [0.29, 0.717) is 4.88 Å². The lowest BCUT2D eigenvalue weighted by Gasteiger charge is -2.31. The minimum absolute atomic E-state index is 0.319. The summed E-state index contributed by atoms with van der Waals surface area (Å²) in [6.07, 6.45) is 0. The number of amides is 1. The van der Waals surface area contributed by atoms with Crippen LogP contribution in [-0.2, 0) is 4.79 Å². The van der Waals surface area contributed by atoms with Crippen molar-refractivity contribution >= 4 is 23.2 Å². The first kappa shape index (κ1) is 17.1. The summed E-state index contributed by atoms with van der Waals surface area (Å²) < 4.78 is 13.0. The molecule has 0 spiro atoms. The number of rotatable bonds is 4. The number of halogens is 1. The Morgan fingerprint density at radius 2 is 1.78 bits per heavy atom. The largest absolute Gasteiger partial charge is 0.480 e. The zero-order chi connectivity index (χ0) is 17.4. The summed E-state index contributed by atoms with van der Waals surface area (Å²) in [7, 11) is 1.48. The Kier molecular flexibility index (Phi) is 4.56. The van der Waals surface area contributed by atoms with Crippen molar-refractivity contribution in [2.45, 2.75) is 26.3 Å². The van der Waals surface area contributed by atoms with E-state index in [0.717, 1.165) is 16.0 Å². The van der Waals surface area contributed by atoms with Crippen LogP contribution in [0.1, 0.15) is 28.4 Å². The van der Waals surface area contributed by atoms with Crippen molar-refractivity contribution in [2.24, 2.45) is 0 Å². The number of carbonyl (C=O) groups excluding carboxylic acids is 1. The standard InChI is InChI=1S/C17H18FNO3S/c1-10-13(11-5-7-12(18)8-6-11)9-14(23-10)15(20)19(4)17(2,3)16(21)22/h5-9H,1-4H3,(H,21,22). The molecule has 6 heteroatoms. The maximum atomic E-state index is 13.0. The number of aryl methyl sites for hydroxylation is 1. The van der Waals surface area contributed by atoms with Gasteiger partial charge in [0.05, 0.1) is 4.88 Å². The van der Waals surface area contributed by atoms with Crippen LogP contribution >= 0.6 is 11.3 Å². The fraction of sp³-hybridized carbons (Fsp3) is 0.294. The molecule has 0 aliphatic rings. The Hall–Kier alpha value is -2.21. The van der Waals surface area contributed by atoms with Gasteiger partial charge in [0.2, 0.25) is 0 Å². The van der Waals surface area contributed by atoms with Gasteiger partial charge in [-0.15, -0.1) is 11.3 Å². The molecule has 0 aliphatic heterocycles. The topological polar surface area (TPSA) is 57.6 Å². The third kappa shape index (κ3) is 3.27. The molecule has 2 rings (SSSR count). The van der Waals surface area contributed by atoms with E-state index in [9.17, 15) is 19.1 Å². The summed E-state index contributed by atoms with van der Waals surface area (Å²) in [6.45, 7) is 4.84. The molecule has 0 atom stereocenters. The van der Waals surface area contributed by atoms with Crippen molar-refractivity contribution in [1.29, 1.82) is 0 Å². The molecule has 2 aromatic rings. The summed E-state index contributed by atoms with van der Waals surface area (Å²) in [5.41, 5.74) is 0.365. The molecule has 0 bridgehead atoms. The van der Waals surface area contributed by atoms with E-state index in [1.807, 2.05) is 6.92 Å². The van der Waals surface area contributed by atoms with Crippen LogP contribution in [0, 0.1) is 12.7 Å². The van der Waals surface area contributed by atoms with Crippen LogP contribution < -0.4 is 0 Å². The number of hydrogen-bond acceptors (Lipinski definition) is 3. The third-order valence-electron chi connectivity index (χ3n) is 3.95. The van der Waals surface area contributed by atoms with Gasteiger partial charge in [0.15, 0.2) is 0 Å². The van der Waals surface area contributed by atoms with E-state index in [4.69, 9.17) is 0 Å². The predicted octanol–water partition coefficient (Wildman–Crippen LogP) is 3.80. The van der Waals surface area contributed by atoms with E-state index in [1.165, 1.54) is 49.3 Å². The van der Waals surface area contributed by atoms with Crippen LogP contribution in [0.3, 0.4) is 0 Å². The first-order valence-electron chi connectivity index (χ1n) is 7.02. The quantitative estimate of drug-likeness (QED) is 0.924. The molecular weight excluding hydrogens is 317 g/mol. The number of likely N-dealkylation sites (N-methyl/N-ethyl adjacent to an activating group) is 1. The van der Waals surface area contributed by atoms with Crippen LogP contribution in [0.5, 0.6) is 0 Å². The molecule has 0 aliphatic carbocycles. The lowest BCUT2D eigenvalue weighted by Crippen LogP contribution is -2.50. The monoisotopic (exact) mass is 335 g/mol. The molecule has 1 heterocycles. The SMILES string of the molecule is Cc1sc(C(=O)N(C)C(C)(C)C(=O)O)cc1-c1ccc(F)cc1. The fourth-order valence-corrected chi connectivity index (χ4v) is 3.08. The third-order valence-corrected chi connectivity index (χ3v) is 4.99. The molecule has 0 unspecified atom stereocenters. The van der Waals surface area contributed by atoms with Gasteiger partial charge in [0.1, 0.15) is 11.4 Å². The van der Waals surface area contributed by atoms with Gasteiger partial charge in [-0.3, -0.25) is 4.79 Å². The molecular formula is C17H18FNO3S. The van der Waals surface area contributed by atoms with Crippen molar-refractivity contribution in [3.05, 3.63) is 45.9 Å². The molecule has 0 radical (unpaired) electrons. The summed E-state index contributed by atoms with van der Waals surface area (Å²) in [4.78, 5) is 26.5. The average molecular weight is 335 g/mol. The van der Waals surface area contributed by atoms with E-state index in [1.54, 1.807) is 18.2 Å². The van der Waals surface area contributed by atoms with Gasteiger partial charge in [0.25, 0.3) is 5.91 Å². The number of carboxylic acids is 1. The minimum Gasteiger partial charge on any atom is -0.480 e. The maximum absolute atomic E-state index is 13.0. The molecule has 1 N–H and O–H groups in total. The van der Waals surface area contributed by atoms with Gasteiger partial charge in [0, 0.05) is 11.9 Å². The second kappa shape index (κ2) is 6.12. The second-order valence-corrected chi connectivity index (χ2v) is 7.07. The number of carboxylic acid groups (broad SMARTS) is 1. The second-order valence-electron chi connectivity index (χ2n) is 5.82. The molecule has 0 saturated heterocycles. The Morgan fingerprint density at radius 3 is 2.30 bits per heavy atom. The summed E-state index contributed by atoms with van der Waals surface area (Å²) in [6, 6.07) is 7.78. The van der Waals surface area contributed by atoms with Gasteiger partial charge < -0.3 is 10.0 Å². The summed E-state index contributed by atoms with van der Waals surface area (Å²) in [5.74, 6) is -1.74. The Labute approximate surface area is 138 Å². The van der Waals surface area contributed by atoms with Crippen molar-refractivity contribution in [3.63, 3.8) is 0 Å². The van der Waals surface area contributed by atoms with Crippen LogP contribution in [0.15, 0.2) is 30.3 Å². The van der Waals surface area contributed by atoms with E-state index >= 15 is 0 Å². The molecule has 0 saturated carbocycles. The highest BCUT2D eigenvalue weighted by atomic mass is 32.1. The van der Waals surface area contributed by atoms with Crippen molar-refractivity contribution in [1.82, 2.24) is 4.90 Å². The van der Waals surface area contributed by atoms with Crippen LogP contribution in [0.4, 0.5) is 4.39 Å². The smallest absolute Gasteiger partial charge is 0.329 e. The highest BCUT2D eigenvalue weighted by Crippen LogP contribution is 2.32. The number of aliphatic carboxylic acids is 1. The molecule has 4 nitrogen and oxygen atoms in total. The zero-order valence-corrected chi connectivity index (χ0v) is 14.2. The van der Waals surface area contributed by atoms with E-state index < -0.39 is 11.5 Å². The lowest BCUT2D eigenvalue weighted by atomic mass is 10.0. The maximum Gasteiger partial charge on any atom is 0.329 e. The number of benzene rings is 1. The molecule has 1 aromatic heterocycles. The number of nitrogens with zero attached hydrogens (tertiary/aromatic N) is 1. The Morgan fingerprint density at radius 1 is 1.22 bits per heavy atom. The van der Waals surface area contributed by atoms with Gasteiger partial charge in [-0.05, 0) is 50.1 Å². The molecule has 1 aromatic carbocycles. The van der Waals surface area contributed by atoms with Gasteiger partial charge >= 0.3 is 5.97 Å². The molecule has 0 fully saturated rings. The van der Waals surface area contributed by atoms with Crippen LogP contribution in [0.25, 0.3) is 11.1 Å². The van der Waals surface area contributed by atoms with E-state index in [2.05, 4.69) is 0 Å². The van der Waals surface area contributed by atoms with Crippen LogP contribution in [0.2, 0.25) is 0 Å². The molecule has 1 amide bonds. The number of thiophene rings is 1. The highest BCUT2D eigenvalue weighted by molar-refractivity contribution is 7.14. The zero-order valence-electron chi connectivity index (χ0n) is 13.4. The van der Waals surface area contributed by atoms with Crippen molar-refractivity contribution < 1.29 is 19.1 Å². The minimum atomic E-state index is -1.30.